The zero-order valence-electron chi connectivity index (χ0n) is 13.5. The molecule has 1 atom stereocenters. The Morgan fingerprint density at radius 3 is 2.77 bits per heavy atom. The summed E-state index contributed by atoms with van der Waals surface area (Å²) in [6, 6.07) is 7.52. The Labute approximate surface area is 132 Å². The lowest BCUT2D eigenvalue weighted by Crippen LogP contribution is -2.48. The molecule has 0 aliphatic carbocycles. The molecule has 1 saturated heterocycles. The van der Waals surface area contributed by atoms with E-state index >= 15 is 0 Å². The van der Waals surface area contributed by atoms with Gasteiger partial charge in [-0.25, -0.2) is 0 Å². The lowest BCUT2D eigenvalue weighted by atomic mass is 10.1. The van der Waals surface area contributed by atoms with Crippen LogP contribution in [0.25, 0.3) is 0 Å². The van der Waals surface area contributed by atoms with Crippen molar-refractivity contribution in [1.82, 2.24) is 4.90 Å². The van der Waals surface area contributed by atoms with E-state index in [0.29, 0.717) is 31.9 Å². The van der Waals surface area contributed by atoms with Crippen molar-refractivity contribution < 1.29 is 14.3 Å². The number of carbonyl (C=O) groups is 1. The number of carbonyl (C=O) groups excluding carboxylic acids is 1. The van der Waals surface area contributed by atoms with Crippen LogP contribution in [0.1, 0.15) is 37.0 Å². The first-order valence-electron chi connectivity index (χ1n) is 7.87. The van der Waals surface area contributed by atoms with Gasteiger partial charge >= 0.3 is 0 Å². The number of rotatable bonds is 6. The molecule has 4 heteroatoms. The monoisotopic (exact) mass is 303 g/mol. The summed E-state index contributed by atoms with van der Waals surface area (Å²) >= 11 is 0. The average Bonchev–Trinajstić information content (AvgIpc) is 2.53. The van der Waals surface area contributed by atoms with Gasteiger partial charge in [-0.15, -0.1) is 0 Å². The maximum absolute atomic E-state index is 12.7. The Bertz CT molecular complexity index is 508. The van der Waals surface area contributed by atoms with E-state index in [1.807, 2.05) is 36.1 Å². The summed E-state index contributed by atoms with van der Waals surface area (Å²) in [4.78, 5) is 14.6. The number of benzene rings is 1. The molecule has 0 aromatic heterocycles. The maximum atomic E-state index is 12.7. The highest BCUT2D eigenvalue weighted by Gasteiger charge is 2.27. The van der Waals surface area contributed by atoms with Crippen LogP contribution in [0.5, 0.6) is 5.75 Å². The van der Waals surface area contributed by atoms with E-state index in [1.54, 1.807) is 0 Å². The molecule has 22 heavy (non-hydrogen) atoms. The van der Waals surface area contributed by atoms with Crippen molar-refractivity contribution in [1.29, 1.82) is 0 Å². The predicted octanol–water partition coefficient (Wildman–Crippen LogP) is 3.28. The Kier molecular flexibility index (Phi) is 6.01. The van der Waals surface area contributed by atoms with Crippen molar-refractivity contribution in [3.8, 4) is 5.75 Å². The number of nitrogens with zero attached hydrogens (tertiary/aromatic N) is 1. The van der Waals surface area contributed by atoms with E-state index in [2.05, 4.69) is 13.5 Å². The molecule has 1 aromatic carbocycles. The maximum Gasteiger partial charge on any atom is 0.254 e. The van der Waals surface area contributed by atoms with Gasteiger partial charge in [0, 0.05) is 12.1 Å². The molecular weight excluding hydrogens is 278 g/mol. The zero-order chi connectivity index (χ0) is 15.9. The number of morpholine rings is 1. The molecule has 2 rings (SSSR count). The van der Waals surface area contributed by atoms with Gasteiger partial charge in [-0.3, -0.25) is 4.79 Å². The Hall–Kier alpha value is -1.81. The molecule has 1 aliphatic heterocycles. The van der Waals surface area contributed by atoms with Crippen LogP contribution in [-0.4, -0.2) is 43.2 Å². The predicted molar refractivity (Wildman–Crippen MR) is 87.3 cm³/mol. The largest absolute Gasteiger partial charge is 0.489 e. The fraction of sp³-hybridized carbons (Fsp3) is 0.500. The molecule has 1 aromatic rings. The minimum absolute atomic E-state index is 0.0770. The fourth-order valence-corrected chi connectivity index (χ4v) is 2.56. The second-order valence-electron chi connectivity index (χ2n) is 5.79. The molecule has 1 heterocycles. The van der Waals surface area contributed by atoms with E-state index < -0.39 is 0 Å². The lowest BCUT2D eigenvalue weighted by molar-refractivity contribution is -0.00433. The highest BCUT2D eigenvalue weighted by molar-refractivity contribution is 5.94. The third kappa shape index (κ3) is 4.34. The van der Waals surface area contributed by atoms with Crippen molar-refractivity contribution in [3.63, 3.8) is 0 Å². The molecular formula is C18H25NO3. The minimum Gasteiger partial charge on any atom is -0.489 e. The SMILES string of the molecule is C=C(C)COc1ccc(C(=O)N2CCOC[C@@H]2CCC)cc1. The summed E-state index contributed by atoms with van der Waals surface area (Å²) in [6.45, 7) is 10.3. The first-order chi connectivity index (χ1) is 10.6. The number of ether oxygens (including phenoxy) is 2. The summed E-state index contributed by atoms with van der Waals surface area (Å²) in [6.07, 6.45) is 2.02. The van der Waals surface area contributed by atoms with Crippen molar-refractivity contribution >= 4 is 5.91 Å². The van der Waals surface area contributed by atoms with Crippen molar-refractivity contribution in [2.75, 3.05) is 26.4 Å². The highest BCUT2D eigenvalue weighted by atomic mass is 16.5. The van der Waals surface area contributed by atoms with E-state index in [9.17, 15) is 4.79 Å². The molecule has 1 fully saturated rings. The van der Waals surface area contributed by atoms with Crippen LogP contribution < -0.4 is 4.74 Å². The molecule has 0 radical (unpaired) electrons. The summed E-state index contributed by atoms with van der Waals surface area (Å²) in [5, 5.41) is 0. The highest BCUT2D eigenvalue weighted by Crippen LogP contribution is 2.19. The number of amides is 1. The molecule has 1 aliphatic rings. The third-order valence-corrected chi connectivity index (χ3v) is 3.70. The van der Waals surface area contributed by atoms with Crippen molar-refractivity contribution in [2.45, 2.75) is 32.7 Å². The van der Waals surface area contributed by atoms with Gasteiger partial charge in [0.05, 0.1) is 19.3 Å². The van der Waals surface area contributed by atoms with Gasteiger partial charge in [0.15, 0.2) is 0 Å². The van der Waals surface area contributed by atoms with Gasteiger partial charge in [0.25, 0.3) is 5.91 Å². The van der Waals surface area contributed by atoms with Crippen LogP contribution in [0.4, 0.5) is 0 Å². The Morgan fingerprint density at radius 2 is 2.14 bits per heavy atom. The quantitative estimate of drug-likeness (QED) is 0.757. The third-order valence-electron chi connectivity index (χ3n) is 3.70. The molecule has 4 nitrogen and oxygen atoms in total. The Morgan fingerprint density at radius 1 is 1.41 bits per heavy atom. The minimum atomic E-state index is 0.0770. The van der Waals surface area contributed by atoms with Crippen LogP contribution in [-0.2, 0) is 4.74 Å². The molecule has 1 amide bonds. The summed E-state index contributed by atoms with van der Waals surface area (Å²) in [7, 11) is 0. The van der Waals surface area contributed by atoms with Gasteiger partial charge in [0.2, 0.25) is 0 Å². The summed E-state index contributed by atoms with van der Waals surface area (Å²) in [5.74, 6) is 0.833. The lowest BCUT2D eigenvalue weighted by Gasteiger charge is -2.35. The molecule has 120 valence electrons. The smallest absolute Gasteiger partial charge is 0.254 e. The van der Waals surface area contributed by atoms with Crippen LogP contribution in [0, 0.1) is 0 Å². The second kappa shape index (κ2) is 7.99. The van der Waals surface area contributed by atoms with Gasteiger partial charge in [-0.1, -0.05) is 19.9 Å². The molecule has 0 N–H and O–H groups in total. The molecule has 0 spiro atoms. The van der Waals surface area contributed by atoms with E-state index in [4.69, 9.17) is 9.47 Å². The summed E-state index contributed by atoms with van der Waals surface area (Å²) in [5.41, 5.74) is 1.67. The topological polar surface area (TPSA) is 38.8 Å². The van der Waals surface area contributed by atoms with Crippen LogP contribution in [0.15, 0.2) is 36.4 Å². The normalized spacial score (nSPS) is 18.1. The van der Waals surface area contributed by atoms with Crippen LogP contribution in [0.2, 0.25) is 0 Å². The van der Waals surface area contributed by atoms with E-state index in [1.165, 1.54) is 0 Å². The summed E-state index contributed by atoms with van der Waals surface area (Å²) < 4.78 is 11.1. The average molecular weight is 303 g/mol. The fourth-order valence-electron chi connectivity index (χ4n) is 2.56. The first-order valence-corrected chi connectivity index (χ1v) is 7.87. The van der Waals surface area contributed by atoms with Crippen LogP contribution >= 0.6 is 0 Å². The number of hydrogen-bond acceptors (Lipinski definition) is 3. The molecule has 0 saturated carbocycles. The van der Waals surface area contributed by atoms with Gasteiger partial charge < -0.3 is 14.4 Å². The van der Waals surface area contributed by atoms with E-state index in [-0.39, 0.29) is 11.9 Å². The standard InChI is InChI=1S/C18H25NO3/c1-4-5-16-13-21-11-10-19(16)18(20)15-6-8-17(9-7-15)22-12-14(2)3/h6-9,16H,2,4-5,10-13H2,1,3H3/t16-/m0/s1. The van der Waals surface area contributed by atoms with E-state index in [0.717, 1.165) is 24.2 Å². The second-order valence-corrected chi connectivity index (χ2v) is 5.79. The molecule has 0 unspecified atom stereocenters. The van der Waals surface area contributed by atoms with Gasteiger partial charge in [-0.2, -0.15) is 0 Å². The zero-order valence-corrected chi connectivity index (χ0v) is 13.5. The molecule has 0 bridgehead atoms. The number of hydrogen-bond donors (Lipinski definition) is 0. The van der Waals surface area contributed by atoms with Gasteiger partial charge in [0.1, 0.15) is 12.4 Å². The van der Waals surface area contributed by atoms with Gasteiger partial charge in [-0.05, 0) is 43.2 Å². The van der Waals surface area contributed by atoms with Crippen molar-refractivity contribution in [2.24, 2.45) is 0 Å². The Balaban J connectivity index is 2.03. The van der Waals surface area contributed by atoms with Crippen molar-refractivity contribution in [3.05, 3.63) is 42.0 Å². The van der Waals surface area contributed by atoms with Crippen LogP contribution in [0.3, 0.4) is 0 Å². The first kappa shape index (κ1) is 16.6.